The van der Waals surface area contributed by atoms with Crippen LogP contribution in [-0.2, 0) is 21.2 Å². The highest BCUT2D eigenvalue weighted by molar-refractivity contribution is 7.89. The van der Waals surface area contributed by atoms with Crippen molar-refractivity contribution in [3.8, 4) is 0 Å². The molecule has 0 saturated heterocycles. The normalized spacial score (nSPS) is 16.0. The second kappa shape index (κ2) is 11.3. The predicted molar refractivity (Wildman–Crippen MR) is 134 cm³/mol. The Kier molecular flexibility index (Phi) is 8.71. The van der Waals surface area contributed by atoms with Crippen LogP contribution in [-0.4, -0.2) is 37.3 Å². The van der Waals surface area contributed by atoms with Crippen LogP contribution in [0.4, 0.5) is 0 Å². The molecule has 0 aromatic heterocycles. The van der Waals surface area contributed by atoms with Gasteiger partial charge < -0.3 is 5.32 Å². The van der Waals surface area contributed by atoms with Crippen LogP contribution in [0.5, 0.6) is 0 Å². The number of nitrogens with zero attached hydrogens (tertiary/aromatic N) is 1. The molecule has 33 heavy (non-hydrogen) atoms. The average Bonchev–Trinajstić information content (AvgIpc) is 2.76. The van der Waals surface area contributed by atoms with E-state index in [0.29, 0.717) is 4.90 Å². The van der Waals surface area contributed by atoms with Crippen molar-refractivity contribution in [3.63, 3.8) is 0 Å². The molecule has 1 N–H and O–H groups in total. The van der Waals surface area contributed by atoms with E-state index in [4.69, 9.17) is 0 Å². The lowest BCUT2D eigenvalue weighted by atomic mass is 9.95. The molecule has 0 unspecified atom stereocenters. The zero-order valence-electron chi connectivity index (χ0n) is 20.4. The topological polar surface area (TPSA) is 66.5 Å². The minimum atomic E-state index is -3.79. The number of sulfonamides is 1. The Bertz CT molecular complexity index is 1020. The zero-order chi connectivity index (χ0) is 24.0. The fraction of sp³-hybridized carbons (Fsp3) is 0.519. The SMILES string of the molecule is Cc1cc(C)c(S(=O)(=O)N(CC(=O)N[C@H](C)CCc2ccccc2)C2CCCCC2)c(C)c1. The molecule has 0 heterocycles. The molecule has 6 heteroatoms. The maximum Gasteiger partial charge on any atom is 0.244 e. The molecule has 1 atom stereocenters. The van der Waals surface area contributed by atoms with Crippen LogP contribution in [0.3, 0.4) is 0 Å². The summed E-state index contributed by atoms with van der Waals surface area (Å²) in [5, 5.41) is 3.04. The molecular weight excluding hydrogens is 432 g/mol. The molecule has 1 aliphatic carbocycles. The zero-order valence-corrected chi connectivity index (χ0v) is 21.2. The van der Waals surface area contributed by atoms with E-state index < -0.39 is 10.0 Å². The quantitative estimate of drug-likeness (QED) is 0.556. The standard InChI is InChI=1S/C27H38N2O3S/c1-20-17-21(2)27(22(3)18-20)33(31,32)29(25-13-9-6-10-14-25)19-26(30)28-23(4)15-16-24-11-7-5-8-12-24/h5,7-8,11-12,17-18,23,25H,6,9-10,13-16,19H2,1-4H3,(H,28,30)/t23-/m1/s1. The fourth-order valence-electron chi connectivity index (χ4n) is 5.03. The number of carbonyl (C=O) groups is 1. The minimum absolute atomic E-state index is 0.0311. The molecule has 1 aliphatic rings. The highest BCUT2D eigenvalue weighted by atomic mass is 32.2. The van der Waals surface area contributed by atoms with Crippen molar-refractivity contribution >= 4 is 15.9 Å². The summed E-state index contributed by atoms with van der Waals surface area (Å²) in [6.07, 6.45) is 6.40. The Hall–Kier alpha value is -2.18. The maximum atomic E-state index is 13.9. The first kappa shape index (κ1) is 25.4. The first-order chi connectivity index (χ1) is 15.7. The van der Waals surface area contributed by atoms with Gasteiger partial charge in [0, 0.05) is 12.1 Å². The van der Waals surface area contributed by atoms with E-state index in [2.05, 4.69) is 17.4 Å². The highest BCUT2D eigenvalue weighted by Gasteiger charge is 2.35. The number of amides is 1. The van der Waals surface area contributed by atoms with Crippen molar-refractivity contribution in [1.82, 2.24) is 9.62 Å². The lowest BCUT2D eigenvalue weighted by Gasteiger charge is -2.34. The number of carbonyl (C=O) groups excluding carboxylic acids is 1. The van der Waals surface area contributed by atoms with Crippen LogP contribution in [0.1, 0.15) is 67.7 Å². The molecule has 1 saturated carbocycles. The predicted octanol–water partition coefficient (Wildman–Crippen LogP) is 5.07. The monoisotopic (exact) mass is 470 g/mol. The van der Waals surface area contributed by atoms with Gasteiger partial charge in [0.25, 0.3) is 0 Å². The lowest BCUT2D eigenvalue weighted by molar-refractivity contribution is -0.122. The summed E-state index contributed by atoms with van der Waals surface area (Å²) in [7, 11) is -3.79. The first-order valence-electron chi connectivity index (χ1n) is 12.1. The Labute approximate surface area is 199 Å². The van der Waals surface area contributed by atoms with Crippen LogP contribution >= 0.6 is 0 Å². The Morgan fingerprint density at radius 1 is 1.03 bits per heavy atom. The Balaban J connectivity index is 1.76. The number of rotatable bonds is 9. The maximum absolute atomic E-state index is 13.9. The molecule has 0 radical (unpaired) electrons. The van der Waals surface area contributed by atoms with Gasteiger partial charge in [-0.05, 0) is 70.1 Å². The molecule has 0 spiro atoms. The number of nitrogens with one attached hydrogen (secondary N) is 1. The average molecular weight is 471 g/mol. The van der Waals surface area contributed by atoms with Gasteiger partial charge in [-0.2, -0.15) is 4.31 Å². The van der Waals surface area contributed by atoms with Crippen molar-refractivity contribution in [3.05, 3.63) is 64.7 Å². The van der Waals surface area contributed by atoms with E-state index in [1.807, 2.05) is 58.0 Å². The Morgan fingerprint density at radius 2 is 1.64 bits per heavy atom. The van der Waals surface area contributed by atoms with Crippen LogP contribution in [0.15, 0.2) is 47.4 Å². The second-order valence-electron chi connectivity index (χ2n) is 9.56. The van der Waals surface area contributed by atoms with Crippen molar-refractivity contribution in [2.24, 2.45) is 0 Å². The molecular formula is C27H38N2O3S. The fourth-order valence-corrected chi connectivity index (χ4v) is 7.09. The largest absolute Gasteiger partial charge is 0.352 e. The van der Waals surface area contributed by atoms with Crippen molar-refractivity contribution in [2.75, 3.05) is 6.54 Å². The van der Waals surface area contributed by atoms with Crippen molar-refractivity contribution < 1.29 is 13.2 Å². The molecule has 1 fully saturated rings. The summed E-state index contributed by atoms with van der Waals surface area (Å²) in [6.45, 7) is 7.51. The number of hydrogen-bond donors (Lipinski definition) is 1. The molecule has 2 aromatic rings. The van der Waals surface area contributed by atoms with Gasteiger partial charge in [-0.1, -0.05) is 67.3 Å². The van der Waals surface area contributed by atoms with Crippen molar-refractivity contribution in [1.29, 1.82) is 0 Å². The smallest absolute Gasteiger partial charge is 0.244 e. The van der Waals surface area contributed by atoms with E-state index in [1.165, 1.54) is 9.87 Å². The number of hydrogen-bond acceptors (Lipinski definition) is 3. The Morgan fingerprint density at radius 3 is 2.24 bits per heavy atom. The summed E-state index contributed by atoms with van der Waals surface area (Å²) >= 11 is 0. The third-order valence-corrected chi connectivity index (χ3v) is 8.77. The second-order valence-corrected chi connectivity index (χ2v) is 11.4. The third-order valence-electron chi connectivity index (χ3n) is 6.57. The van der Waals surface area contributed by atoms with Gasteiger partial charge in [0.1, 0.15) is 0 Å². The number of aryl methyl sites for hydroxylation is 4. The van der Waals surface area contributed by atoms with E-state index in [9.17, 15) is 13.2 Å². The molecule has 180 valence electrons. The van der Waals surface area contributed by atoms with E-state index >= 15 is 0 Å². The summed E-state index contributed by atoms with van der Waals surface area (Å²) in [4.78, 5) is 13.4. The van der Waals surface area contributed by atoms with Crippen LogP contribution in [0.2, 0.25) is 0 Å². The molecule has 3 rings (SSSR count). The van der Waals surface area contributed by atoms with Gasteiger partial charge in [-0.25, -0.2) is 8.42 Å². The summed E-state index contributed by atoms with van der Waals surface area (Å²) < 4.78 is 29.2. The van der Waals surface area contributed by atoms with E-state index in [1.54, 1.807) is 0 Å². The minimum Gasteiger partial charge on any atom is -0.352 e. The van der Waals surface area contributed by atoms with Gasteiger partial charge in [-0.3, -0.25) is 4.79 Å². The molecule has 2 aromatic carbocycles. The van der Waals surface area contributed by atoms with Crippen LogP contribution in [0, 0.1) is 20.8 Å². The molecule has 1 amide bonds. The first-order valence-corrected chi connectivity index (χ1v) is 13.6. The van der Waals surface area contributed by atoms with Crippen LogP contribution in [0.25, 0.3) is 0 Å². The molecule has 0 aliphatic heterocycles. The van der Waals surface area contributed by atoms with E-state index in [-0.39, 0.29) is 24.5 Å². The van der Waals surface area contributed by atoms with Gasteiger partial charge in [0.2, 0.25) is 15.9 Å². The molecule has 5 nitrogen and oxygen atoms in total. The van der Waals surface area contributed by atoms with Gasteiger partial charge in [0.15, 0.2) is 0 Å². The summed E-state index contributed by atoms with van der Waals surface area (Å²) in [5.41, 5.74) is 3.75. The van der Waals surface area contributed by atoms with Gasteiger partial charge in [0.05, 0.1) is 11.4 Å². The number of benzene rings is 2. The lowest BCUT2D eigenvalue weighted by Crippen LogP contribution is -2.48. The summed E-state index contributed by atoms with van der Waals surface area (Å²) in [6, 6.07) is 13.8. The van der Waals surface area contributed by atoms with Gasteiger partial charge in [-0.15, -0.1) is 0 Å². The van der Waals surface area contributed by atoms with Crippen molar-refractivity contribution in [2.45, 2.75) is 89.6 Å². The third kappa shape index (κ3) is 6.67. The van der Waals surface area contributed by atoms with E-state index in [0.717, 1.165) is 61.6 Å². The molecule has 0 bridgehead atoms. The van der Waals surface area contributed by atoms with Gasteiger partial charge >= 0.3 is 0 Å². The highest BCUT2D eigenvalue weighted by Crippen LogP contribution is 2.31. The van der Waals surface area contributed by atoms with Crippen LogP contribution < -0.4 is 5.32 Å². The summed E-state index contributed by atoms with van der Waals surface area (Å²) in [5.74, 6) is -0.230.